The number of aryl methyl sites for hydroxylation is 2. The number of imide groups is 1. The smallest absolute Gasteiger partial charge is 0.291 e. The number of benzene rings is 2. The Hall–Kier alpha value is -3.74. The van der Waals surface area contributed by atoms with Gasteiger partial charge < -0.3 is 9.73 Å². The van der Waals surface area contributed by atoms with Crippen LogP contribution in [-0.4, -0.2) is 17.7 Å². The number of hydrogen-bond donors (Lipinski definition) is 1. The molecule has 140 valence electrons. The summed E-state index contributed by atoms with van der Waals surface area (Å²) in [6.07, 6.45) is 1.43. The van der Waals surface area contributed by atoms with Gasteiger partial charge >= 0.3 is 0 Å². The largest absolute Gasteiger partial charge is 0.459 e. The third-order valence-corrected chi connectivity index (χ3v) is 4.63. The van der Waals surface area contributed by atoms with Gasteiger partial charge in [0, 0.05) is 11.3 Å². The second-order valence-electron chi connectivity index (χ2n) is 6.50. The molecular weight excluding hydrogens is 363 g/mol. The predicted octanol–water partition coefficient (Wildman–Crippen LogP) is 4.09. The van der Waals surface area contributed by atoms with E-state index in [4.69, 9.17) is 4.42 Å². The van der Waals surface area contributed by atoms with E-state index in [1.807, 2.05) is 0 Å². The van der Waals surface area contributed by atoms with E-state index in [0.717, 1.165) is 11.0 Å². The fourth-order valence-corrected chi connectivity index (χ4v) is 3.24. The van der Waals surface area contributed by atoms with Crippen molar-refractivity contribution in [2.24, 2.45) is 0 Å². The molecular formula is C21H15FN2O4. The number of carbonyl (C=O) groups is 3. The van der Waals surface area contributed by atoms with Crippen LogP contribution in [0.5, 0.6) is 0 Å². The molecule has 0 spiro atoms. The van der Waals surface area contributed by atoms with E-state index in [9.17, 15) is 18.8 Å². The standard InChI is InChI=1S/C21H15FN2O4/c1-11-8-9-28-18(11)19(25)23-13-6-7-16(12(2)10-13)24-20(26)14-4-3-5-15(22)17(14)21(24)27/h3-10H,1-2H3,(H,23,25). The molecule has 0 bridgehead atoms. The van der Waals surface area contributed by atoms with Crippen molar-refractivity contribution in [2.75, 3.05) is 10.2 Å². The van der Waals surface area contributed by atoms with E-state index in [0.29, 0.717) is 22.5 Å². The van der Waals surface area contributed by atoms with E-state index in [1.54, 1.807) is 38.1 Å². The number of amides is 3. The molecule has 0 fully saturated rings. The Bertz CT molecular complexity index is 1150. The van der Waals surface area contributed by atoms with Crippen LogP contribution in [0.1, 0.15) is 42.4 Å². The minimum absolute atomic E-state index is 0.0371. The van der Waals surface area contributed by atoms with Crippen LogP contribution in [0.15, 0.2) is 53.1 Å². The lowest BCUT2D eigenvalue weighted by Gasteiger charge is -2.17. The van der Waals surface area contributed by atoms with Crippen LogP contribution in [0, 0.1) is 19.7 Å². The molecule has 1 aliphatic heterocycles. The summed E-state index contributed by atoms with van der Waals surface area (Å²) in [5.41, 5.74) is 1.90. The van der Waals surface area contributed by atoms with Gasteiger partial charge in [-0.15, -0.1) is 0 Å². The van der Waals surface area contributed by atoms with Gasteiger partial charge in [0.25, 0.3) is 17.7 Å². The Morgan fingerprint density at radius 1 is 1.04 bits per heavy atom. The van der Waals surface area contributed by atoms with Crippen molar-refractivity contribution < 1.29 is 23.2 Å². The number of nitrogens with zero attached hydrogens (tertiary/aromatic N) is 1. The van der Waals surface area contributed by atoms with Crippen LogP contribution in [0.25, 0.3) is 0 Å². The molecule has 6 nitrogen and oxygen atoms in total. The molecule has 3 amide bonds. The molecule has 4 rings (SSSR count). The Morgan fingerprint density at radius 2 is 1.82 bits per heavy atom. The Morgan fingerprint density at radius 3 is 2.46 bits per heavy atom. The lowest BCUT2D eigenvalue weighted by Crippen LogP contribution is -2.30. The third kappa shape index (κ3) is 2.68. The second-order valence-corrected chi connectivity index (χ2v) is 6.50. The Kier molecular flexibility index (Phi) is 4.07. The molecule has 3 aromatic rings. The number of anilines is 2. The monoisotopic (exact) mass is 378 g/mol. The summed E-state index contributed by atoms with van der Waals surface area (Å²) in [6.45, 7) is 3.46. The Labute approximate surface area is 159 Å². The number of hydrogen-bond acceptors (Lipinski definition) is 4. The van der Waals surface area contributed by atoms with Crippen molar-refractivity contribution in [3.63, 3.8) is 0 Å². The summed E-state index contributed by atoms with van der Waals surface area (Å²) >= 11 is 0. The zero-order chi connectivity index (χ0) is 20.0. The highest BCUT2D eigenvalue weighted by Gasteiger charge is 2.39. The number of furan rings is 1. The van der Waals surface area contributed by atoms with Gasteiger partial charge in [0.15, 0.2) is 5.76 Å². The van der Waals surface area contributed by atoms with Gasteiger partial charge in [-0.25, -0.2) is 9.29 Å². The van der Waals surface area contributed by atoms with Crippen LogP contribution in [0.3, 0.4) is 0 Å². The summed E-state index contributed by atoms with van der Waals surface area (Å²) in [5, 5.41) is 2.71. The van der Waals surface area contributed by atoms with Gasteiger partial charge in [-0.3, -0.25) is 14.4 Å². The maximum Gasteiger partial charge on any atom is 0.291 e. The molecule has 0 unspecified atom stereocenters. The Balaban J connectivity index is 1.63. The van der Waals surface area contributed by atoms with Crippen LogP contribution < -0.4 is 10.2 Å². The molecule has 0 radical (unpaired) electrons. The summed E-state index contributed by atoms with van der Waals surface area (Å²) in [5.74, 6) is -2.21. The highest BCUT2D eigenvalue weighted by atomic mass is 19.1. The molecule has 1 aliphatic rings. The van der Waals surface area contributed by atoms with E-state index in [1.165, 1.54) is 18.4 Å². The second kappa shape index (κ2) is 6.45. The fourth-order valence-electron chi connectivity index (χ4n) is 3.24. The summed E-state index contributed by atoms with van der Waals surface area (Å²) in [6, 6.07) is 10.4. The van der Waals surface area contributed by atoms with Crippen LogP contribution in [0.4, 0.5) is 15.8 Å². The topological polar surface area (TPSA) is 79.6 Å². The minimum Gasteiger partial charge on any atom is -0.459 e. The molecule has 0 saturated carbocycles. The van der Waals surface area contributed by atoms with Crippen molar-refractivity contribution in [1.82, 2.24) is 0 Å². The van der Waals surface area contributed by atoms with Gasteiger partial charge in [-0.1, -0.05) is 6.07 Å². The van der Waals surface area contributed by atoms with Crippen molar-refractivity contribution in [3.8, 4) is 0 Å². The highest BCUT2D eigenvalue weighted by Crippen LogP contribution is 2.33. The number of rotatable bonds is 3. The fraction of sp³-hybridized carbons (Fsp3) is 0.0952. The molecule has 0 saturated heterocycles. The maximum atomic E-state index is 14.0. The molecule has 7 heteroatoms. The molecule has 0 atom stereocenters. The lowest BCUT2D eigenvalue weighted by molar-refractivity contribution is 0.0923. The third-order valence-electron chi connectivity index (χ3n) is 4.63. The predicted molar refractivity (Wildman–Crippen MR) is 100 cm³/mol. The summed E-state index contributed by atoms with van der Waals surface area (Å²) in [4.78, 5) is 38.5. The SMILES string of the molecule is Cc1cc(NC(=O)c2occc2C)ccc1N1C(=O)c2cccc(F)c2C1=O. The van der Waals surface area contributed by atoms with Gasteiger partial charge in [0.1, 0.15) is 5.82 Å². The quantitative estimate of drug-likeness (QED) is 0.696. The van der Waals surface area contributed by atoms with E-state index in [2.05, 4.69) is 5.32 Å². The van der Waals surface area contributed by atoms with E-state index >= 15 is 0 Å². The first-order valence-electron chi connectivity index (χ1n) is 8.52. The average Bonchev–Trinajstić information content (AvgIpc) is 3.18. The molecule has 1 N–H and O–H groups in total. The number of fused-ring (bicyclic) bond motifs is 1. The van der Waals surface area contributed by atoms with Crippen molar-refractivity contribution >= 4 is 29.1 Å². The average molecular weight is 378 g/mol. The first-order chi connectivity index (χ1) is 13.4. The zero-order valence-electron chi connectivity index (χ0n) is 15.1. The summed E-state index contributed by atoms with van der Waals surface area (Å²) in [7, 11) is 0. The zero-order valence-corrected chi connectivity index (χ0v) is 15.1. The normalized spacial score (nSPS) is 13.0. The van der Waals surface area contributed by atoms with Crippen molar-refractivity contribution in [3.05, 3.63) is 82.6 Å². The maximum absolute atomic E-state index is 14.0. The first-order valence-corrected chi connectivity index (χ1v) is 8.52. The summed E-state index contributed by atoms with van der Waals surface area (Å²) < 4.78 is 19.2. The molecule has 28 heavy (non-hydrogen) atoms. The number of nitrogens with one attached hydrogen (secondary N) is 1. The molecule has 1 aromatic heterocycles. The van der Waals surface area contributed by atoms with Crippen LogP contribution in [0.2, 0.25) is 0 Å². The van der Waals surface area contributed by atoms with Gasteiger partial charge in [-0.05, 0) is 55.8 Å². The molecule has 2 aromatic carbocycles. The lowest BCUT2D eigenvalue weighted by atomic mass is 10.1. The first kappa shape index (κ1) is 17.7. The van der Waals surface area contributed by atoms with Gasteiger partial charge in [-0.2, -0.15) is 0 Å². The van der Waals surface area contributed by atoms with E-state index < -0.39 is 23.5 Å². The van der Waals surface area contributed by atoms with Crippen LogP contribution in [-0.2, 0) is 0 Å². The number of carbonyl (C=O) groups excluding carboxylic acids is 3. The number of halogens is 1. The van der Waals surface area contributed by atoms with Crippen molar-refractivity contribution in [1.29, 1.82) is 0 Å². The minimum atomic E-state index is -0.728. The van der Waals surface area contributed by atoms with Gasteiger partial charge in [0.05, 0.1) is 23.1 Å². The van der Waals surface area contributed by atoms with E-state index in [-0.39, 0.29) is 16.9 Å². The highest BCUT2D eigenvalue weighted by molar-refractivity contribution is 6.34. The van der Waals surface area contributed by atoms with Gasteiger partial charge in [0.2, 0.25) is 0 Å². The molecule has 0 aliphatic carbocycles. The molecule has 2 heterocycles. The van der Waals surface area contributed by atoms with Crippen molar-refractivity contribution in [2.45, 2.75) is 13.8 Å². The van der Waals surface area contributed by atoms with Crippen LogP contribution >= 0.6 is 0 Å².